The summed E-state index contributed by atoms with van der Waals surface area (Å²) in [5, 5.41) is 2.91. The lowest BCUT2D eigenvalue weighted by Crippen LogP contribution is -2.41. The lowest BCUT2D eigenvalue weighted by atomic mass is 10.1. The zero-order valence-corrected chi connectivity index (χ0v) is 15.9. The Labute approximate surface area is 155 Å². The van der Waals surface area contributed by atoms with Crippen molar-refractivity contribution in [2.75, 3.05) is 0 Å². The van der Waals surface area contributed by atoms with Crippen molar-refractivity contribution in [3.8, 4) is 0 Å². The molecule has 0 bridgehead atoms. The molecule has 1 N–H and O–H groups in total. The van der Waals surface area contributed by atoms with Crippen molar-refractivity contribution in [3.05, 3.63) is 70.8 Å². The van der Waals surface area contributed by atoms with Crippen LogP contribution < -0.4 is 5.32 Å². The van der Waals surface area contributed by atoms with Crippen molar-refractivity contribution in [2.45, 2.75) is 52.7 Å². The van der Waals surface area contributed by atoms with E-state index in [0.29, 0.717) is 5.56 Å². The van der Waals surface area contributed by atoms with Gasteiger partial charge in [-0.2, -0.15) is 0 Å². The van der Waals surface area contributed by atoms with E-state index in [4.69, 9.17) is 4.74 Å². The maximum absolute atomic E-state index is 12.3. The number of carbonyl (C=O) groups is 2. The largest absolute Gasteiger partial charge is 0.449 e. The van der Waals surface area contributed by atoms with Gasteiger partial charge in [0, 0.05) is 6.04 Å². The average molecular weight is 353 g/mol. The zero-order chi connectivity index (χ0) is 19.1. The molecule has 0 heterocycles. The maximum Gasteiger partial charge on any atom is 0.338 e. The van der Waals surface area contributed by atoms with E-state index >= 15 is 0 Å². The predicted octanol–water partition coefficient (Wildman–Crippen LogP) is 3.99. The first-order valence-electron chi connectivity index (χ1n) is 8.99. The Hall–Kier alpha value is -2.62. The number of benzene rings is 2. The highest BCUT2D eigenvalue weighted by Gasteiger charge is 2.20. The van der Waals surface area contributed by atoms with Crippen LogP contribution in [0.15, 0.2) is 48.5 Å². The predicted molar refractivity (Wildman–Crippen MR) is 103 cm³/mol. The fourth-order valence-electron chi connectivity index (χ4n) is 2.61. The van der Waals surface area contributed by atoms with Crippen molar-refractivity contribution in [1.29, 1.82) is 0 Å². The van der Waals surface area contributed by atoms with Gasteiger partial charge in [-0.25, -0.2) is 4.79 Å². The molecule has 0 unspecified atom stereocenters. The van der Waals surface area contributed by atoms with E-state index in [-0.39, 0.29) is 11.9 Å². The number of carbonyl (C=O) groups excluding carboxylic acids is 2. The first kappa shape index (κ1) is 19.7. The Bertz CT molecular complexity index is 755. The molecule has 4 heteroatoms. The van der Waals surface area contributed by atoms with Crippen LogP contribution in [0.5, 0.6) is 0 Å². The van der Waals surface area contributed by atoms with Gasteiger partial charge in [-0.05, 0) is 69.4 Å². The van der Waals surface area contributed by atoms with Gasteiger partial charge in [-0.3, -0.25) is 4.79 Å². The van der Waals surface area contributed by atoms with Crippen LogP contribution in [0.4, 0.5) is 0 Å². The van der Waals surface area contributed by atoms with Gasteiger partial charge in [0.2, 0.25) is 0 Å². The molecular weight excluding hydrogens is 326 g/mol. The highest BCUT2D eigenvalue weighted by Crippen LogP contribution is 2.12. The first-order valence-corrected chi connectivity index (χ1v) is 8.99. The molecule has 0 saturated heterocycles. The van der Waals surface area contributed by atoms with Crippen LogP contribution >= 0.6 is 0 Å². The first-order chi connectivity index (χ1) is 12.4. The second-order valence-corrected chi connectivity index (χ2v) is 6.78. The second kappa shape index (κ2) is 9.18. The number of esters is 1. The standard InChI is InChI=1S/C22H27NO3/c1-15-10-13-20(14-16(15)2)22(25)26-18(4)21(24)23-17(3)11-12-19-8-6-5-7-9-19/h5-10,13-14,17-18H,11-12H2,1-4H3,(H,23,24)/t17-,18-/m1/s1. The van der Waals surface area contributed by atoms with Crippen LogP contribution in [0.1, 0.15) is 47.3 Å². The molecule has 0 spiro atoms. The zero-order valence-electron chi connectivity index (χ0n) is 15.9. The van der Waals surface area contributed by atoms with Crippen LogP contribution in [0.25, 0.3) is 0 Å². The van der Waals surface area contributed by atoms with Gasteiger partial charge in [0.15, 0.2) is 6.10 Å². The number of aryl methyl sites for hydroxylation is 3. The number of hydrogen-bond acceptors (Lipinski definition) is 3. The quantitative estimate of drug-likeness (QED) is 0.766. The molecule has 1 amide bonds. The minimum absolute atomic E-state index is 0.00507. The Balaban J connectivity index is 1.82. The molecule has 138 valence electrons. The summed E-state index contributed by atoms with van der Waals surface area (Å²) in [6, 6.07) is 15.5. The molecular formula is C22H27NO3. The molecule has 0 aliphatic carbocycles. The van der Waals surface area contributed by atoms with Crippen LogP contribution in [0.3, 0.4) is 0 Å². The summed E-state index contributed by atoms with van der Waals surface area (Å²) in [4.78, 5) is 24.5. The van der Waals surface area contributed by atoms with E-state index in [2.05, 4.69) is 17.4 Å². The van der Waals surface area contributed by atoms with Crippen LogP contribution in [-0.2, 0) is 16.0 Å². The topological polar surface area (TPSA) is 55.4 Å². The minimum Gasteiger partial charge on any atom is -0.449 e. The van der Waals surface area contributed by atoms with Crippen LogP contribution in [0.2, 0.25) is 0 Å². The summed E-state index contributed by atoms with van der Waals surface area (Å²) in [5.41, 5.74) is 3.83. The van der Waals surface area contributed by atoms with Crippen molar-refractivity contribution < 1.29 is 14.3 Å². The Morgan fingerprint density at radius 1 is 1.00 bits per heavy atom. The van der Waals surface area contributed by atoms with Crippen molar-refractivity contribution in [1.82, 2.24) is 5.32 Å². The fourth-order valence-corrected chi connectivity index (χ4v) is 2.61. The molecule has 0 saturated carbocycles. The molecule has 2 aromatic carbocycles. The third-order valence-corrected chi connectivity index (χ3v) is 4.49. The third-order valence-electron chi connectivity index (χ3n) is 4.49. The molecule has 4 nitrogen and oxygen atoms in total. The summed E-state index contributed by atoms with van der Waals surface area (Å²) in [6.07, 6.45) is 0.885. The van der Waals surface area contributed by atoms with Gasteiger partial charge in [0.1, 0.15) is 0 Å². The van der Waals surface area contributed by atoms with Crippen molar-refractivity contribution in [3.63, 3.8) is 0 Å². The molecule has 0 aromatic heterocycles. The molecule has 0 radical (unpaired) electrons. The van der Waals surface area contributed by atoms with Gasteiger partial charge in [-0.1, -0.05) is 36.4 Å². The molecule has 2 rings (SSSR count). The van der Waals surface area contributed by atoms with Gasteiger partial charge in [-0.15, -0.1) is 0 Å². The summed E-state index contributed by atoms with van der Waals surface area (Å²) >= 11 is 0. The molecule has 26 heavy (non-hydrogen) atoms. The van der Waals surface area contributed by atoms with Crippen molar-refractivity contribution in [2.24, 2.45) is 0 Å². The summed E-state index contributed by atoms with van der Waals surface area (Å²) in [5.74, 6) is -0.754. The van der Waals surface area contributed by atoms with E-state index in [9.17, 15) is 9.59 Å². The molecule has 2 atom stereocenters. The third kappa shape index (κ3) is 5.73. The molecule has 0 fully saturated rings. The molecule has 2 aromatic rings. The molecule has 0 aliphatic heterocycles. The van der Waals surface area contributed by atoms with E-state index in [1.807, 2.05) is 45.0 Å². The highest BCUT2D eigenvalue weighted by molar-refractivity contribution is 5.92. The van der Waals surface area contributed by atoms with Crippen molar-refractivity contribution >= 4 is 11.9 Å². The summed E-state index contributed by atoms with van der Waals surface area (Å²) < 4.78 is 5.31. The van der Waals surface area contributed by atoms with Crippen LogP contribution in [-0.4, -0.2) is 24.0 Å². The second-order valence-electron chi connectivity index (χ2n) is 6.78. The van der Waals surface area contributed by atoms with E-state index in [1.54, 1.807) is 19.1 Å². The lowest BCUT2D eigenvalue weighted by Gasteiger charge is -2.18. The highest BCUT2D eigenvalue weighted by atomic mass is 16.5. The Kier molecular flexibility index (Phi) is 6.96. The Morgan fingerprint density at radius 3 is 2.35 bits per heavy atom. The minimum atomic E-state index is -0.830. The summed E-state index contributed by atoms with van der Waals surface area (Å²) in [7, 11) is 0. The van der Waals surface area contributed by atoms with E-state index in [1.165, 1.54) is 5.56 Å². The normalized spacial score (nSPS) is 12.9. The summed E-state index contributed by atoms with van der Waals surface area (Å²) in [6.45, 7) is 7.48. The van der Waals surface area contributed by atoms with E-state index in [0.717, 1.165) is 24.0 Å². The van der Waals surface area contributed by atoms with Gasteiger partial charge in [0.05, 0.1) is 5.56 Å². The number of rotatable bonds is 7. The van der Waals surface area contributed by atoms with Gasteiger partial charge < -0.3 is 10.1 Å². The number of ether oxygens (including phenoxy) is 1. The van der Waals surface area contributed by atoms with Crippen LogP contribution in [0, 0.1) is 13.8 Å². The molecule has 0 aliphatic rings. The van der Waals surface area contributed by atoms with Gasteiger partial charge in [0.25, 0.3) is 5.91 Å². The van der Waals surface area contributed by atoms with Gasteiger partial charge >= 0.3 is 5.97 Å². The smallest absolute Gasteiger partial charge is 0.338 e. The van der Waals surface area contributed by atoms with E-state index < -0.39 is 12.1 Å². The Morgan fingerprint density at radius 2 is 1.69 bits per heavy atom. The fraction of sp³-hybridized carbons (Fsp3) is 0.364. The average Bonchev–Trinajstić information content (AvgIpc) is 2.63. The number of nitrogens with one attached hydrogen (secondary N) is 1. The SMILES string of the molecule is Cc1ccc(C(=O)O[C@H](C)C(=O)N[C@H](C)CCc2ccccc2)cc1C. The monoisotopic (exact) mass is 353 g/mol. The lowest BCUT2D eigenvalue weighted by molar-refractivity contribution is -0.129. The maximum atomic E-state index is 12.3. The number of hydrogen-bond donors (Lipinski definition) is 1. The number of amides is 1.